The summed E-state index contributed by atoms with van der Waals surface area (Å²) in [7, 11) is 0. The Bertz CT molecular complexity index is 996. The zero-order chi connectivity index (χ0) is 21.2. The van der Waals surface area contributed by atoms with E-state index in [4.69, 9.17) is 14.2 Å². The highest BCUT2D eigenvalue weighted by molar-refractivity contribution is 6.15. The van der Waals surface area contributed by atoms with Crippen molar-refractivity contribution >= 4 is 11.9 Å². The van der Waals surface area contributed by atoms with Crippen molar-refractivity contribution in [2.24, 2.45) is 0 Å². The van der Waals surface area contributed by atoms with Crippen LogP contribution in [-0.4, -0.2) is 61.7 Å². The Labute approximate surface area is 183 Å². The number of allylic oxidation sites excluding steroid dienone is 1. The number of carbonyl (C=O) groups is 1. The molecule has 0 bridgehead atoms. The highest BCUT2D eigenvalue weighted by atomic mass is 16.5. The number of fused-ring (bicyclic) bond motifs is 2. The Morgan fingerprint density at radius 2 is 1.81 bits per heavy atom. The third-order valence-corrected chi connectivity index (χ3v) is 6.15. The molecule has 0 aliphatic carbocycles. The van der Waals surface area contributed by atoms with Gasteiger partial charge in [-0.3, -0.25) is 14.6 Å². The molecular weight excluding hydrogens is 392 g/mol. The SMILES string of the molecule is Cc1c2c(cc3c1OC(=Cc1ccccc1)C3=O)CN(CCCN1CCOCC1)CO2. The van der Waals surface area contributed by atoms with Gasteiger partial charge in [0.1, 0.15) is 18.2 Å². The Hall–Kier alpha value is -2.67. The van der Waals surface area contributed by atoms with Crippen LogP contribution in [0.5, 0.6) is 11.5 Å². The van der Waals surface area contributed by atoms with E-state index < -0.39 is 0 Å². The Balaban J connectivity index is 1.28. The van der Waals surface area contributed by atoms with Crippen LogP contribution in [0.3, 0.4) is 0 Å². The molecule has 0 saturated carbocycles. The zero-order valence-corrected chi connectivity index (χ0v) is 17.9. The van der Waals surface area contributed by atoms with Gasteiger partial charge in [0.15, 0.2) is 5.76 Å². The smallest absolute Gasteiger partial charge is 0.231 e. The lowest BCUT2D eigenvalue weighted by molar-refractivity contribution is 0.0329. The molecule has 2 aromatic carbocycles. The van der Waals surface area contributed by atoms with E-state index in [9.17, 15) is 4.79 Å². The molecule has 1 fully saturated rings. The molecule has 31 heavy (non-hydrogen) atoms. The second-order valence-corrected chi connectivity index (χ2v) is 8.35. The summed E-state index contributed by atoms with van der Waals surface area (Å²) in [6, 6.07) is 11.7. The van der Waals surface area contributed by atoms with Crippen LogP contribution in [0.25, 0.3) is 6.08 Å². The number of hydrogen-bond donors (Lipinski definition) is 0. The van der Waals surface area contributed by atoms with Gasteiger partial charge in [0.25, 0.3) is 0 Å². The van der Waals surface area contributed by atoms with Crippen molar-refractivity contribution in [1.29, 1.82) is 0 Å². The summed E-state index contributed by atoms with van der Waals surface area (Å²) in [5.74, 6) is 1.80. The molecule has 0 unspecified atom stereocenters. The summed E-state index contributed by atoms with van der Waals surface area (Å²) in [5, 5.41) is 0. The predicted molar refractivity (Wildman–Crippen MR) is 118 cm³/mol. The number of rotatable bonds is 5. The lowest BCUT2D eigenvalue weighted by Gasteiger charge is -2.31. The molecular formula is C25H28N2O4. The van der Waals surface area contributed by atoms with Crippen molar-refractivity contribution in [3.63, 3.8) is 0 Å². The Morgan fingerprint density at radius 1 is 1.03 bits per heavy atom. The quantitative estimate of drug-likeness (QED) is 0.691. The molecule has 162 valence electrons. The maximum Gasteiger partial charge on any atom is 0.231 e. The lowest BCUT2D eigenvalue weighted by Crippen LogP contribution is -2.39. The molecule has 5 rings (SSSR count). The van der Waals surface area contributed by atoms with Gasteiger partial charge in [-0.15, -0.1) is 0 Å². The summed E-state index contributed by atoms with van der Waals surface area (Å²) in [6.45, 7) is 9.09. The minimum Gasteiger partial charge on any atom is -0.477 e. The van der Waals surface area contributed by atoms with Crippen LogP contribution >= 0.6 is 0 Å². The van der Waals surface area contributed by atoms with E-state index in [-0.39, 0.29) is 5.78 Å². The number of hydrogen-bond acceptors (Lipinski definition) is 6. The molecule has 0 radical (unpaired) electrons. The molecule has 3 heterocycles. The fourth-order valence-electron chi connectivity index (χ4n) is 4.48. The fraction of sp³-hybridized carbons (Fsp3) is 0.400. The van der Waals surface area contributed by atoms with Crippen molar-refractivity contribution in [2.45, 2.75) is 19.9 Å². The third kappa shape index (κ3) is 4.24. The van der Waals surface area contributed by atoms with Gasteiger partial charge < -0.3 is 14.2 Å². The van der Waals surface area contributed by atoms with Crippen molar-refractivity contribution in [3.8, 4) is 11.5 Å². The van der Waals surface area contributed by atoms with E-state index in [0.717, 1.165) is 74.8 Å². The van der Waals surface area contributed by atoms with Gasteiger partial charge in [0.05, 0.1) is 18.8 Å². The first-order valence-electron chi connectivity index (χ1n) is 11.0. The van der Waals surface area contributed by atoms with E-state index >= 15 is 0 Å². The van der Waals surface area contributed by atoms with E-state index in [1.165, 1.54) is 0 Å². The van der Waals surface area contributed by atoms with Crippen molar-refractivity contribution < 1.29 is 19.0 Å². The van der Waals surface area contributed by atoms with E-state index in [1.807, 2.05) is 43.3 Å². The lowest BCUT2D eigenvalue weighted by atomic mass is 10.00. The monoisotopic (exact) mass is 420 g/mol. The third-order valence-electron chi connectivity index (χ3n) is 6.15. The predicted octanol–water partition coefficient (Wildman–Crippen LogP) is 3.49. The summed E-state index contributed by atoms with van der Waals surface area (Å²) in [5.41, 5.74) is 3.55. The average molecular weight is 421 g/mol. The summed E-state index contributed by atoms with van der Waals surface area (Å²) >= 11 is 0. The zero-order valence-electron chi connectivity index (χ0n) is 17.9. The molecule has 0 atom stereocenters. The first kappa shape index (κ1) is 20.2. The molecule has 6 heteroatoms. The number of morpholine rings is 1. The first-order valence-corrected chi connectivity index (χ1v) is 11.0. The number of benzene rings is 2. The number of Topliss-reactive ketones (excluding diaryl/α,β-unsaturated/α-hetero) is 1. The highest BCUT2D eigenvalue weighted by Gasteiger charge is 2.33. The van der Waals surface area contributed by atoms with Gasteiger partial charge in [-0.05, 0) is 37.6 Å². The standard InChI is InChI=1S/C25H28N2O4/c1-18-24-20(16-27(17-30-24)9-5-8-26-10-12-29-13-11-26)15-21-23(28)22(31-25(18)21)14-19-6-3-2-4-7-19/h2-4,6-7,14-15H,5,8-13,16-17H2,1H3. The maximum atomic E-state index is 13.0. The molecule has 0 spiro atoms. The van der Waals surface area contributed by atoms with Gasteiger partial charge in [-0.2, -0.15) is 0 Å². The maximum absolute atomic E-state index is 13.0. The number of ether oxygens (including phenoxy) is 3. The second kappa shape index (κ2) is 8.83. The molecule has 1 saturated heterocycles. The van der Waals surface area contributed by atoms with Crippen LogP contribution in [0.2, 0.25) is 0 Å². The first-order chi connectivity index (χ1) is 15.2. The molecule has 0 aromatic heterocycles. The number of carbonyl (C=O) groups excluding carboxylic acids is 1. The molecule has 0 amide bonds. The molecule has 3 aliphatic heterocycles. The van der Waals surface area contributed by atoms with Crippen LogP contribution < -0.4 is 9.47 Å². The summed E-state index contributed by atoms with van der Waals surface area (Å²) < 4.78 is 17.5. The van der Waals surface area contributed by atoms with E-state index in [0.29, 0.717) is 23.8 Å². The average Bonchev–Trinajstić information content (AvgIpc) is 3.11. The normalized spacial score (nSPS) is 20.3. The van der Waals surface area contributed by atoms with Crippen LogP contribution in [-0.2, 0) is 11.3 Å². The van der Waals surface area contributed by atoms with E-state index in [1.54, 1.807) is 6.08 Å². The second-order valence-electron chi connectivity index (χ2n) is 8.35. The van der Waals surface area contributed by atoms with Gasteiger partial charge >= 0.3 is 0 Å². The highest BCUT2D eigenvalue weighted by Crippen LogP contribution is 2.43. The van der Waals surface area contributed by atoms with Crippen molar-refractivity contribution in [2.75, 3.05) is 46.1 Å². The van der Waals surface area contributed by atoms with Crippen LogP contribution in [0.15, 0.2) is 42.2 Å². The topological polar surface area (TPSA) is 51.2 Å². The van der Waals surface area contributed by atoms with Crippen LogP contribution in [0.1, 0.15) is 33.5 Å². The molecule has 3 aliphatic rings. The largest absolute Gasteiger partial charge is 0.477 e. The Morgan fingerprint density at radius 3 is 2.61 bits per heavy atom. The van der Waals surface area contributed by atoms with Crippen molar-refractivity contribution in [3.05, 3.63) is 64.4 Å². The fourth-order valence-corrected chi connectivity index (χ4v) is 4.48. The van der Waals surface area contributed by atoms with Gasteiger partial charge in [0.2, 0.25) is 5.78 Å². The summed E-state index contributed by atoms with van der Waals surface area (Å²) in [4.78, 5) is 17.8. The number of ketones is 1. The van der Waals surface area contributed by atoms with Crippen molar-refractivity contribution in [1.82, 2.24) is 9.80 Å². The molecule has 6 nitrogen and oxygen atoms in total. The van der Waals surface area contributed by atoms with Gasteiger partial charge in [-0.1, -0.05) is 30.3 Å². The van der Waals surface area contributed by atoms with E-state index in [2.05, 4.69) is 9.80 Å². The Kier molecular flexibility index (Phi) is 5.76. The number of nitrogens with zero attached hydrogens (tertiary/aromatic N) is 2. The minimum absolute atomic E-state index is 0.0609. The molecule has 0 N–H and O–H groups in total. The van der Waals surface area contributed by atoms with Gasteiger partial charge in [0, 0.05) is 37.3 Å². The van der Waals surface area contributed by atoms with Crippen LogP contribution in [0, 0.1) is 6.92 Å². The van der Waals surface area contributed by atoms with Crippen LogP contribution in [0.4, 0.5) is 0 Å². The van der Waals surface area contributed by atoms with Gasteiger partial charge in [-0.25, -0.2) is 0 Å². The minimum atomic E-state index is -0.0609. The summed E-state index contributed by atoms with van der Waals surface area (Å²) in [6.07, 6.45) is 2.90. The molecule has 2 aromatic rings.